The number of anilines is 1. The van der Waals surface area contributed by atoms with Gasteiger partial charge in [0.05, 0.1) is 23.0 Å². The Labute approximate surface area is 201 Å². The Morgan fingerprint density at radius 3 is 2.31 bits per heavy atom. The minimum Gasteiger partial charge on any atom is -0.391 e. The molecular formula is C27H28F3N3O2. The summed E-state index contributed by atoms with van der Waals surface area (Å²) in [5.74, 6) is 0. The molecule has 184 valence electrons. The first-order chi connectivity index (χ1) is 16.6. The van der Waals surface area contributed by atoms with Gasteiger partial charge in [-0.3, -0.25) is 4.79 Å². The second kappa shape index (κ2) is 8.82. The first-order valence-electron chi connectivity index (χ1n) is 12.0. The van der Waals surface area contributed by atoms with Gasteiger partial charge in [-0.25, -0.2) is 0 Å². The zero-order valence-corrected chi connectivity index (χ0v) is 19.8. The Kier molecular flexibility index (Phi) is 5.95. The summed E-state index contributed by atoms with van der Waals surface area (Å²) < 4.78 is 43.3. The second-order valence-corrected chi connectivity index (χ2v) is 9.69. The molecule has 0 radical (unpaired) electrons. The molecule has 8 heteroatoms. The van der Waals surface area contributed by atoms with E-state index >= 15 is 0 Å². The van der Waals surface area contributed by atoms with Crippen LogP contribution in [0.15, 0.2) is 41.2 Å². The highest BCUT2D eigenvalue weighted by atomic mass is 19.4. The quantitative estimate of drug-likeness (QED) is 0.571. The number of nitrogens with zero attached hydrogens (tertiary/aromatic N) is 3. The van der Waals surface area contributed by atoms with Crippen molar-refractivity contribution in [2.24, 2.45) is 0 Å². The first kappa shape index (κ1) is 23.6. The van der Waals surface area contributed by atoms with Crippen molar-refractivity contribution in [3.8, 4) is 16.9 Å². The lowest BCUT2D eigenvalue weighted by Crippen LogP contribution is -2.31. The van der Waals surface area contributed by atoms with E-state index in [1.807, 2.05) is 36.9 Å². The van der Waals surface area contributed by atoms with E-state index in [1.165, 1.54) is 12.1 Å². The van der Waals surface area contributed by atoms with Gasteiger partial charge in [-0.15, -0.1) is 0 Å². The summed E-state index contributed by atoms with van der Waals surface area (Å²) in [5.41, 5.74) is 3.68. The average molecular weight is 484 g/mol. The number of aliphatic hydroxyl groups is 1. The van der Waals surface area contributed by atoms with Gasteiger partial charge in [0, 0.05) is 29.9 Å². The standard InChI is InChI=1S/C27H28F3N3O2/c1-16-11-17(2)13-18(12-16)25-21-5-3-4-6-22(21)26(35)33(31-25)24-14-19(32-10-9-20(34)15-32)7-8-23(24)27(28,29)30/h7-8,11-14,20,34H,3-6,9-10,15H2,1-2H3. The monoisotopic (exact) mass is 483 g/mol. The fourth-order valence-corrected chi connectivity index (χ4v) is 5.35. The number of hydrogen-bond acceptors (Lipinski definition) is 4. The van der Waals surface area contributed by atoms with Gasteiger partial charge in [0.25, 0.3) is 5.56 Å². The van der Waals surface area contributed by atoms with Crippen molar-refractivity contribution in [3.63, 3.8) is 0 Å². The van der Waals surface area contributed by atoms with Crippen molar-refractivity contribution in [1.29, 1.82) is 0 Å². The van der Waals surface area contributed by atoms with Gasteiger partial charge >= 0.3 is 6.18 Å². The number of β-amino-alcohol motifs (C(OH)–C–C–N with tert-alkyl or cyclic N) is 1. The highest BCUT2D eigenvalue weighted by molar-refractivity contribution is 5.67. The molecule has 1 fully saturated rings. The molecule has 0 bridgehead atoms. The van der Waals surface area contributed by atoms with Crippen LogP contribution in [0, 0.1) is 13.8 Å². The fraction of sp³-hybridized carbons (Fsp3) is 0.407. The molecule has 0 amide bonds. The van der Waals surface area contributed by atoms with E-state index in [-0.39, 0.29) is 5.69 Å². The summed E-state index contributed by atoms with van der Waals surface area (Å²) in [5, 5.41) is 14.5. The van der Waals surface area contributed by atoms with Crippen LogP contribution in [0.5, 0.6) is 0 Å². The number of benzene rings is 2. The fourth-order valence-electron chi connectivity index (χ4n) is 5.35. The highest BCUT2D eigenvalue weighted by Gasteiger charge is 2.36. The molecule has 2 heterocycles. The van der Waals surface area contributed by atoms with Crippen LogP contribution in [0.1, 0.15) is 47.1 Å². The van der Waals surface area contributed by atoms with E-state index in [0.29, 0.717) is 49.3 Å². The van der Waals surface area contributed by atoms with Crippen molar-refractivity contribution in [2.75, 3.05) is 18.0 Å². The van der Waals surface area contributed by atoms with E-state index in [2.05, 4.69) is 5.10 Å². The molecule has 1 aliphatic carbocycles. The van der Waals surface area contributed by atoms with Crippen LogP contribution < -0.4 is 10.5 Å². The molecule has 1 saturated heterocycles. The number of aromatic nitrogens is 2. The molecule has 1 aromatic heterocycles. The predicted octanol–water partition coefficient (Wildman–Crippen LogP) is 4.98. The molecule has 0 saturated carbocycles. The van der Waals surface area contributed by atoms with Crippen molar-refractivity contribution >= 4 is 5.69 Å². The topological polar surface area (TPSA) is 58.4 Å². The zero-order valence-electron chi connectivity index (χ0n) is 19.8. The van der Waals surface area contributed by atoms with Gasteiger partial charge in [-0.2, -0.15) is 23.0 Å². The molecule has 5 nitrogen and oxygen atoms in total. The summed E-state index contributed by atoms with van der Waals surface area (Å²) in [6.07, 6.45) is -1.71. The number of aliphatic hydroxyl groups excluding tert-OH is 1. The molecule has 1 unspecified atom stereocenters. The van der Waals surface area contributed by atoms with Gasteiger partial charge < -0.3 is 10.0 Å². The SMILES string of the molecule is Cc1cc(C)cc(-c2nn(-c3cc(N4CCC(O)C4)ccc3C(F)(F)F)c(=O)c3c2CCCC3)c1. The lowest BCUT2D eigenvalue weighted by molar-refractivity contribution is -0.137. The third-order valence-corrected chi connectivity index (χ3v) is 6.94. The lowest BCUT2D eigenvalue weighted by atomic mass is 9.89. The van der Waals surface area contributed by atoms with Crippen molar-refractivity contribution in [2.45, 2.75) is 58.2 Å². The normalized spacial score (nSPS) is 18.1. The van der Waals surface area contributed by atoms with E-state index in [0.717, 1.165) is 45.8 Å². The number of aryl methyl sites for hydroxylation is 2. The summed E-state index contributed by atoms with van der Waals surface area (Å²) in [6, 6.07) is 9.76. The van der Waals surface area contributed by atoms with E-state index in [4.69, 9.17) is 0 Å². The van der Waals surface area contributed by atoms with Gasteiger partial charge in [0.15, 0.2) is 0 Å². The van der Waals surface area contributed by atoms with Crippen LogP contribution in [0.3, 0.4) is 0 Å². The number of hydrogen-bond donors (Lipinski definition) is 1. The average Bonchev–Trinajstić information content (AvgIpc) is 3.24. The largest absolute Gasteiger partial charge is 0.418 e. The molecule has 0 spiro atoms. The molecule has 1 atom stereocenters. The van der Waals surface area contributed by atoms with E-state index < -0.39 is 23.4 Å². The van der Waals surface area contributed by atoms with Crippen LogP contribution in [-0.2, 0) is 19.0 Å². The van der Waals surface area contributed by atoms with Crippen LogP contribution in [0.4, 0.5) is 18.9 Å². The summed E-state index contributed by atoms with van der Waals surface area (Å²) in [6.45, 7) is 4.81. The summed E-state index contributed by atoms with van der Waals surface area (Å²) >= 11 is 0. The molecular weight excluding hydrogens is 455 g/mol. The van der Waals surface area contributed by atoms with Crippen molar-refractivity contribution < 1.29 is 18.3 Å². The van der Waals surface area contributed by atoms with Gasteiger partial charge in [0.1, 0.15) is 0 Å². The molecule has 3 aromatic rings. The van der Waals surface area contributed by atoms with Crippen LogP contribution in [-0.4, -0.2) is 34.1 Å². The number of alkyl halides is 3. The molecule has 2 aromatic carbocycles. The molecule has 1 N–H and O–H groups in total. The van der Waals surface area contributed by atoms with Gasteiger partial charge in [-0.05, 0) is 81.8 Å². The Balaban J connectivity index is 1.77. The van der Waals surface area contributed by atoms with Gasteiger partial charge in [-0.1, -0.05) is 17.2 Å². The van der Waals surface area contributed by atoms with Crippen molar-refractivity contribution in [3.05, 3.63) is 74.6 Å². The van der Waals surface area contributed by atoms with E-state index in [9.17, 15) is 23.1 Å². The Morgan fingerprint density at radius 1 is 1.00 bits per heavy atom. The lowest BCUT2D eigenvalue weighted by Gasteiger charge is -2.24. The number of rotatable bonds is 3. The maximum Gasteiger partial charge on any atom is 0.418 e. The third-order valence-electron chi connectivity index (χ3n) is 6.94. The number of fused-ring (bicyclic) bond motifs is 1. The Bertz CT molecular complexity index is 1330. The Morgan fingerprint density at radius 2 is 1.69 bits per heavy atom. The first-order valence-corrected chi connectivity index (χ1v) is 12.0. The van der Waals surface area contributed by atoms with Crippen LogP contribution >= 0.6 is 0 Å². The maximum atomic E-state index is 14.1. The van der Waals surface area contributed by atoms with Gasteiger partial charge in [0.2, 0.25) is 0 Å². The van der Waals surface area contributed by atoms with Crippen molar-refractivity contribution in [1.82, 2.24) is 9.78 Å². The van der Waals surface area contributed by atoms with Crippen LogP contribution in [0.2, 0.25) is 0 Å². The zero-order chi connectivity index (χ0) is 24.9. The minimum atomic E-state index is -4.66. The number of halogens is 3. The summed E-state index contributed by atoms with van der Waals surface area (Å²) in [4.78, 5) is 15.4. The third kappa shape index (κ3) is 4.47. The molecule has 2 aliphatic rings. The maximum absolute atomic E-state index is 14.1. The second-order valence-electron chi connectivity index (χ2n) is 9.69. The minimum absolute atomic E-state index is 0.277. The summed E-state index contributed by atoms with van der Waals surface area (Å²) in [7, 11) is 0. The predicted molar refractivity (Wildman–Crippen MR) is 129 cm³/mol. The molecule has 1 aliphatic heterocycles. The molecule has 5 rings (SSSR count). The Hall–Kier alpha value is -3.13. The van der Waals surface area contributed by atoms with Crippen LogP contribution in [0.25, 0.3) is 16.9 Å². The smallest absolute Gasteiger partial charge is 0.391 e. The molecule has 35 heavy (non-hydrogen) atoms. The highest BCUT2D eigenvalue weighted by Crippen LogP contribution is 2.37. The van der Waals surface area contributed by atoms with E-state index in [1.54, 1.807) is 0 Å².